The van der Waals surface area contributed by atoms with E-state index in [0.29, 0.717) is 17.8 Å². The first-order valence-electron chi connectivity index (χ1n) is 22.6. The van der Waals surface area contributed by atoms with Crippen LogP contribution in [0.4, 0.5) is 5.69 Å². The summed E-state index contributed by atoms with van der Waals surface area (Å²) >= 11 is 0. The zero-order valence-electron chi connectivity index (χ0n) is 34.4. The van der Waals surface area contributed by atoms with E-state index < -0.39 is 0 Å². The molecule has 9 aliphatic rings. The minimum absolute atomic E-state index is 0.0112. The summed E-state index contributed by atoms with van der Waals surface area (Å²) in [5, 5.41) is 0. The van der Waals surface area contributed by atoms with Crippen molar-refractivity contribution in [3.63, 3.8) is 0 Å². The van der Waals surface area contributed by atoms with E-state index in [2.05, 4.69) is 142 Å². The molecule has 11 rings (SSSR count). The highest BCUT2D eigenvalue weighted by Gasteiger charge is 2.57. The lowest BCUT2D eigenvalue weighted by molar-refractivity contribution is 0.233. The second-order valence-electron chi connectivity index (χ2n) is 19.8. The highest BCUT2D eigenvalue weighted by atomic mass is 15.2. The summed E-state index contributed by atoms with van der Waals surface area (Å²) in [6.07, 6.45) is 41.6. The number of hydrogen-bond acceptors (Lipinski definition) is 1. The first-order valence-corrected chi connectivity index (χ1v) is 22.6. The summed E-state index contributed by atoms with van der Waals surface area (Å²) in [5.74, 6) is 3.02. The largest absolute Gasteiger partial charge is 0.311 e. The van der Waals surface area contributed by atoms with E-state index in [9.17, 15) is 0 Å². The predicted octanol–water partition coefficient (Wildman–Crippen LogP) is 14.4. The van der Waals surface area contributed by atoms with Gasteiger partial charge in [0, 0.05) is 27.9 Å². The van der Waals surface area contributed by atoms with Crippen molar-refractivity contribution in [2.45, 2.75) is 128 Å². The van der Waals surface area contributed by atoms with Gasteiger partial charge in [0.15, 0.2) is 0 Å². The van der Waals surface area contributed by atoms with Crippen molar-refractivity contribution in [2.24, 2.45) is 29.1 Å². The van der Waals surface area contributed by atoms with Crippen LogP contribution in [0.2, 0.25) is 0 Å². The van der Waals surface area contributed by atoms with Crippen molar-refractivity contribution in [3.8, 4) is 0 Å². The van der Waals surface area contributed by atoms with E-state index in [-0.39, 0.29) is 16.2 Å². The molecule has 1 heteroatoms. The van der Waals surface area contributed by atoms with E-state index in [1.165, 1.54) is 86.9 Å². The lowest BCUT2D eigenvalue weighted by atomic mass is 9.56. The van der Waals surface area contributed by atoms with Gasteiger partial charge in [0.1, 0.15) is 0 Å². The van der Waals surface area contributed by atoms with Crippen molar-refractivity contribution < 1.29 is 0 Å². The fourth-order valence-corrected chi connectivity index (χ4v) is 14.4. The molecule has 0 radical (unpaired) electrons. The van der Waals surface area contributed by atoms with Gasteiger partial charge in [0.25, 0.3) is 0 Å². The average molecular weight is 736 g/mol. The Morgan fingerprint density at radius 1 is 0.696 bits per heavy atom. The van der Waals surface area contributed by atoms with Gasteiger partial charge in [0.05, 0.1) is 0 Å². The molecule has 9 aliphatic carbocycles. The summed E-state index contributed by atoms with van der Waals surface area (Å²) in [5.41, 5.74) is 19.0. The Morgan fingerprint density at radius 3 is 2.38 bits per heavy atom. The van der Waals surface area contributed by atoms with E-state index in [0.717, 1.165) is 31.1 Å². The maximum atomic E-state index is 2.74. The molecule has 1 nitrogen and oxygen atoms in total. The number of anilines is 1. The minimum atomic E-state index is -0.0145. The molecule has 6 unspecified atom stereocenters. The summed E-state index contributed by atoms with van der Waals surface area (Å²) in [6.45, 7) is 10.1. The zero-order chi connectivity index (χ0) is 37.8. The number of nitrogens with zero attached hydrogens (tertiary/aromatic N) is 1. The molecule has 1 saturated carbocycles. The third kappa shape index (κ3) is 4.85. The quantitative estimate of drug-likeness (QED) is 0.276. The van der Waals surface area contributed by atoms with Gasteiger partial charge in [-0.1, -0.05) is 137 Å². The smallest absolute Gasteiger partial charge is 0.0465 e. The van der Waals surface area contributed by atoms with E-state index in [4.69, 9.17) is 0 Å². The van der Waals surface area contributed by atoms with Crippen molar-refractivity contribution in [2.75, 3.05) is 4.90 Å². The molecule has 56 heavy (non-hydrogen) atoms. The number of benzene rings is 2. The number of hydrogen-bond donors (Lipinski definition) is 0. The molecule has 0 N–H and O–H groups in total. The van der Waals surface area contributed by atoms with Crippen LogP contribution in [0.25, 0.3) is 0 Å². The van der Waals surface area contributed by atoms with Crippen molar-refractivity contribution in [1.82, 2.24) is 0 Å². The molecule has 2 aromatic carbocycles. The van der Waals surface area contributed by atoms with Gasteiger partial charge in [-0.3, -0.25) is 0 Å². The van der Waals surface area contributed by atoms with Crippen LogP contribution < -0.4 is 4.90 Å². The molecule has 2 aromatic rings. The molecule has 0 spiro atoms. The van der Waals surface area contributed by atoms with E-state index in [1.807, 2.05) is 0 Å². The maximum absolute atomic E-state index is 2.74. The SMILES string of the molecule is CC1(C)C2=C(CCC=C2)C2=C1C(N(C1=CCC(C3(c4ccccc4)C4=C(C=CCC4)C4CCC=CC43)C=C1)c1ccc3c(c1)C(C)(C)C1CCCCC31)=CCC2. The maximum Gasteiger partial charge on any atom is 0.0465 e. The van der Waals surface area contributed by atoms with Gasteiger partial charge < -0.3 is 4.90 Å². The van der Waals surface area contributed by atoms with E-state index in [1.54, 1.807) is 44.6 Å². The Hall–Kier alpha value is -4.10. The molecule has 0 heterocycles. The third-order valence-corrected chi connectivity index (χ3v) is 16.7. The number of rotatable bonds is 5. The molecule has 286 valence electrons. The van der Waals surface area contributed by atoms with Gasteiger partial charge in [-0.15, -0.1) is 0 Å². The topological polar surface area (TPSA) is 3.24 Å². The lowest BCUT2D eigenvalue weighted by Crippen LogP contribution is -2.43. The Bertz CT molecular complexity index is 2270. The van der Waals surface area contributed by atoms with Crippen LogP contribution in [0.1, 0.15) is 134 Å². The average Bonchev–Trinajstić information content (AvgIpc) is 3.77. The van der Waals surface area contributed by atoms with Crippen molar-refractivity contribution in [3.05, 3.63) is 171 Å². The molecule has 0 aliphatic heterocycles. The molecule has 0 amide bonds. The number of allylic oxidation sites excluding steroid dienone is 16. The third-order valence-electron chi connectivity index (χ3n) is 16.7. The first-order chi connectivity index (χ1) is 27.3. The molecule has 6 atom stereocenters. The zero-order valence-corrected chi connectivity index (χ0v) is 34.4. The van der Waals surface area contributed by atoms with Gasteiger partial charge >= 0.3 is 0 Å². The minimum Gasteiger partial charge on any atom is -0.311 e. The summed E-state index contributed by atoms with van der Waals surface area (Å²) in [4.78, 5) is 2.74. The second kappa shape index (κ2) is 13.0. The first kappa shape index (κ1) is 35.1. The molecule has 1 fully saturated rings. The highest BCUT2D eigenvalue weighted by Crippen LogP contribution is 2.64. The lowest BCUT2D eigenvalue weighted by Gasteiger charge is -2.47. The van der Waals surface area contributed by atoms with Crippen LogP contribution in [0, 0.1) is 29.1 Å². The van der Waals surface area contributed by atoms with Crippen LogP contribution in [-0.4, -0.2) is 0 Å². The molecule has 0 bridgehead atoms. The van der Waals surface area contributed by atoms with Crippen LogP contribution in [0.15, 0.2) is 154 Å². The van der Waals surface area contributed by atoms with Crippen LogP contribution >= 0.6 is 0 Å². The van der Waals surface area contributed by atoms with Gasteiger partial charge in [0.2, 0.25) is 0 Å². The van der Waals surface area contributed by atoms with Gasteiger partial charge in [-0.2, -0.15) is 0 Å². The standard InChI is InChI=1S/C55H61N/c1-53(2)46-24-12-8-19-40(46)44-34-33-39(35-50(44)53)56(51-28-16-23-45-43-22-9-13-25-47(43)54(3,4)52(45)51)38-31-29-37(30-32-38)55(36-17-6-5-7-18-36)48-26-14-10-20-41(48)42-21-11-15-27-49(42)55/h5-7,10,13,15,17-18,20,25,27-29,31-35,37,40,42,46,49H,8-9,11-12,14,16,19,21-24,26,30H2,1-4H3. The molecular formula is C55H61N. The van der Waals surface area contributed by atoms with Crippen LogP contribution in [-0.2, 0) is 10.8 Å². The van der Waals surface area contributed by atoms with Crippen LogP contribution in [0.3, 0.4) is 0 Å². The fourth-order valence-electron chi connectivity index (χ4n) is 14.4. The Kier molecular flexibility index (Phi) is 8.12. The fraction of sp³-hybridized carbons (Fsp3) is 0.455. The summed E-state index contributed by atoms with van der Waals surface area (Å²) < 4.78 is 0. The van der Waals surface area contributed by atoms with E-state index >= 15 is 0 Å². The Labute approximate surface area is 337 Å². The number of fused-ring (bicyclic) bond motifs is 6. The van der Waals surface area contributed by atoms with Crippen molar-refractivity contribution >= 4 is 5.69 Å². The monoisotopic (exact) mass is 735 g/mol. The van der Waals surface area contributed by atoms with Gasteiger partial charge in [-0.25, -0.2) is 0 Å². The highest BCUT2D eigenvalue weighted by molar-refractivity contribution is 5.74. The van der Waals surface area contributed by atoms with Gasteiger partial charge in [-0.05, 0) is 168 Å². The normalized spacial score (nSPS) is 33.0. The Balaban J connectivity index is 1.05. The molecule has 0 aromatic heterocycles. The summed E-state index contributed by atoms with van der Waals surface area (Å²) in [6, 6.07) is 19.5. The van der Waals surface area contributed by atoms with Crippen LogP contribution in [0.5, 0.6) is 0 Å². The summed E-state index contributed by atoms with van der Waals surface area (Å²) in [7, 11) is 0. The molecule has 0 saturated heterocycles. The predicted molar refractivity (Wildman–Crippen MR) is 234 cm³/mol. The Morgan fingerprint density at radius 2 is 1.52 bits per heavy atom. The van der Waals surface area contributed by atoms with Crippen molar-refractivity contribution in [1.29, 1.82) is 0 Å². The molecular weight excluding hydrogens is 675 g/mol. The second-order valence-corrected chi connectivity index (χ2v) is 19.8.